The molecule has 0 aliphatic heterocycles. The molecule has 0 unspecified atom stereocenters. The number of benzene rings is 2. The average Bonchev–Trinajstić information content (AvgIpc) is 2.58. The van der Waals surface area contributed by atoms with E-state index in [0.717, 1.165) is 0 Å². The molecule has 0 bridgehead atoms. The monoisotopic (exact) mass is 386 g/mol. The molecular weight excluding hydrogens is 363 g/mol. The molecule has 0 spiro atoms. The maximum absolute atomic E-state index is 13.0. The minimum atomic E-state index is -1.01. The van der Waals surface area contributed by atoms with Crippen LogP contribution in [0.3, 0.4) is 0 Å². The Morgan fingerprint density at radius 2 is 1.75 bits per heavy atom. The molecule has 6 heteroatoms. The first-order valence-corrected chi connectivity index (χ1v) is 8.71. The molecule has 0 saturated carbocycles. The number of carboxylic acid groups (broad SMARTS) is 1. The molecule has 0 fully saturated rings. The molecule has 0 amide bonds. The zero-order valence-corrected chi connectivity index (χ0v) is 16.3. The van der Waals surface area contributed by atoms with Crippen molar-refractivity contribution >= 4 is 18.0 Å². The summed E-state index contributed by atoms with van der Waals surface area (Å²) in [5.74, 6) is -1.54. The number of carboxylic acids is 1. The van der Waals surface area contributed by atoms with Crippen LogP contribution in [0.15, 0.2) is 48.0 Å². The van der Waals surface area contributed by atoms with Gasteiger partial charge in [0.15, 0.2) is 0 Å². The largest absolute Gasteiger partial charge is 0.489 e. The van der Waals surface area contributed by atoms with E-state index in [2.05, 4.69) is 0 Å². The van der Waals surface area contributed by atoms with Crippen LogP contribution in [0.25, 0.3) is 6.08 Å². The van der Waals surface area contributed by atoms with Gasteiger partial charge in [0.2, 0.25) is 0 Å². The summed E-state index contributed by atoms with van der Waals surface area (Å²) in [6.45, 7) is 6.88. The van der Waals surface area contributed by atoms with E-state index in [1.165, 1.54) is 30.3 Å². The summed E-state index contributed by atoms with van der Waals surface area (Å²) in [5, 5.41) is 9.15. The van der Waals surface area contributed by atoms with Gasteiger partial charge in [-0.3, -0.25) is 0 Å². The molecular formula is C22H23FO5. The molecule has 28 heavy (non-hydrogen) atoms. The predicted molar refractivity (Wildman–Crippen MR) is 104 cm³/mol. The highest BCUT2D eigenvalue weighted by molar-refractivity contribution is 5.95. The SMILES string of the molecule is Cc1cc(/C=C(/COc2ccc(F)cc2)C(=O)OC(C)(C)C)ccc1C(=O)O. The van der Waals surface area contributed by atoms with Crippen LogP contribution in [-0.4, -0.2) is 29.3 Å². The average molecular weight is 386 g/mol. The molecule has 2 rings (SSSR count). The summed E-state index contributed by atoms with van der Waals surface area (Å²) in [6.07, 6.45) is 1.59. The first kappa shape index (κ1) is 21.2. The van der Waals surface area contributed by atoms with E-state index >= 15 is 0 Å². The van der Waals surface area contributed by atoms with E-state index in [1.807, 2.05) is 0 Å². The van der Waals surface area contributed by atoms with Gasteiger partial charge in [-0.25, -0.2) is 14.0 Å². The van der Waals surface area contributed by atoms with Gasteiger partial charge in [0.1, 0.15) is 23.8 Å². The first-order valence-electron chi connectivity index (χ1n) is 8.71. The highest BCUT2D eigenvalue weighted by Gasteiger charge is 2.21. The van der Waals surface area contributed by atoms with E-state index in [4.69, 9.17) is 14.6 Å². The smallest absolute Gasteiger partial charge is 0.338 e. The molecule has 2 aromatic rings. The maximum Gasteiger partial charge on any atom is 0.338 e. The van der Waals surface area contributed by atoms with Crippen LogP contribution in [-0.2, 0) is 9.53 Å². The van der Waals surface area contributed by atoms with Crippen LogP contribution in [0.4, 0.5) is 4.39 Å². The maximum atomic E-state index is 13.0. The van der Waals surface area contributed by atoms with Gasteiger partial charge in [0.05, 0.1) is 11.1 Å². The third kappa shape index (κ3) is 6.23. The normalized spacial score (nSPS) is 11.8. The highest BCUT2D eigenvalue weighted by atomic mass is 19.1. The lowest BCUT2D eigenvalue weighted by Crippen LogP contribution is -2.26. The van der Waals surface area contributed by atoms with Crippen LogP contribution in [0, 0.1) is 12.7 Å². The van der Waals surface area contributed by atoms with E-state index in [0.29, 0.717) is 16.9 Å². The predicted octanol–water partition coefficient (Wildman–Crippen LogP) is 4.64. The van der Waals surface area contributed by atoms with Crippen LogP contribution in [0.5, 0.6) is 5.75 Å². The Labute approximate surface area is 163 Å². The van der Waals surface area contributed by atoms with Crippen molar-refractivity contribution in [1.82, 2.24) is 0 Å². The Morgan fingerprint density at radius 3 is 2.29 bits per heavy atom. The Hall–Kier alpha value is -3.15. The van der Waals surface area contributed by atoms with Gasteiger partial charge in [-0.1, -0.05) is 12.1 Å². The summed E-state index contributed by atoms with van der Waals surface area (Å²) in [7, 11) is 0. The molecule has 0 aliphatic rings. The van der Waals surface area contributed by atoms with Gasteiger partial charge in [-0.2, -0.15) is 0 Å². The molecule has 0 aromatic heterocycles. The van der Waals surface area contributed by atoms with Crippen LogP contribution >= 0.6 is 0 Å². The lowest BCUT2D eigenvalue weighted by Gasteiger charge is -2.21. The van der Waals surface area contributed by atoms with Gasteiger partial charge in [-0.15, -0.1) is 0 Å². The van der Waals surface area contributed by atoms with E-state index in [-0.39, 0.29) is 23.6 Å². The van der Waals surface area contributed by atoms with Crippen molar-refractivity contribution in [3.8, 4) is 5.75 Å². The highest BCUT2D eigenvalue weighted by Crippen LogP contribution is 2.19. The number of halogens is 1. The Kier molecular flexibility index (Phi) is 6.57. The fourth-order valence-electron chi connectivity index (χ4n) is 2.41. The first-order chi connectivity index (χ1) is 13.0. The molecule has 0 atom stereocenters. The van der Waals surface area contributed by atoms with Crippen molar-refractivity contribution in [3.05, 3.63) is 70.5 Å². The lowest BCUT2D eigenvalue weighted by molar-refractivity contribution is -0.150. The fraction of sp³-hybridized carbons (Fsp3) is 0.273. The van der Waals surface area contributed by atoms with Gasteiger partial charge in [-0.05, 0) is 75.2 Å². The molecule has 0 aliphatic carbocycles. The van der Waals surface area contributed by atoms with Crippen molar-refractivity contribution in [2.45, 2.75) is 33.3 Å². The summed E-state index contributed by atoms with van der Waals surface area (Å²) < 4.78 is 24.1. The third-order valence-corrected chi connectivity index (χ3v) is 3.69. The van der Waals surface area contributed by atoms with Crippen molar-refractivity contribution < 1.29 is 28.6 Å². The molecule has 1 N–H and O–H groups in total. The third-order valence-electron chi connectivity index (χ3n) is 3.69. The van der Waals surface area contributed by atoms with Gasteiger partial charge < -0.3 is 14.6 Å². The molecule has 148 valence electrons. The number of rotatable bonds is 6. The Morgan fingerprint density at radius 1 is 1.11 bits per heavy atom. The number of hydrogen-bond acceptors (Lipinski definition) is 4. The zero-order chi connectivity index (χ0) is 20.9. The number of carbonyl (C=O) groups excluding carboxylic acids is 1. The van der Waals surface area contributed by atoms with Crippen LogP contribution in [0.2, 0.25) is 0 Å². The van der Waals surface area contributed by atoms with Gasteiger partial charge in [0, 0.05) is 0 Å². The summed E-state index contributed by atoms with van der Waals surface area (Å²) in [4.78, 5) is 23.7. The summed E-state index contributed by atoms with van der Waals surface area (Å²) in [6, 6.07) is 10.2. The van der Waals surface area contributed by atoms with Crippen molar-refractivity contribution in [3.63, 3.8) is 0 Å². The molecule has 2 aromatic carbocycles. The molecule has 5 nitrogen and oxygen atoms in total. The second-order valence-electron chi connectivity index (χ2n) is 7.29. The second-order valence-corrected chi connectivity index (χ2v) is 7.29. The second kappa shape index (κ2) is 8.69. The summed E-state index contributed by atoms with van der Waals surface area (Å²) in [5.41, 5.74) is 0.977. The lowest BCUT2D eigenvalue weighted by atomic mass is 10.0. The minimum absolute atomic E-state index is 0.0831. The summed E-state index contributed by atoms with van der Waals surface area (Å²) >= 11 is 0. The number of ether oxygens (including phenoxy) is 2. The van der Waals surface area contributed by atoms with Crippen LogP contribution < -0.4 is 4.74 Å². The number of aryl methyl sites for hydroxylation is 1. The van der Waals surface area contributed by atoms with Crippen LogP contribution in [0.1, 0.15) is 42.3 Å². The quantitative estimate of drug-likeness (QED) is 0.579. The number of esters is 1. The zero-order valence-electron chi connectivity index (χ0n) is 16.3. The van der Waals surface area contributed by atoms with Gasteiger partial charge >= 0.3 is 11.9 Å². The number of carbonyl (C=O) groups is 2. The standard InChI is InChI=1S/C22H23FO5/c1-14-11-15(5-10-19(14)20(24)25)12-16(21(26)28-22(2,3)4)13-27-18-8-6-17(23)7-9-18/h5-12H,13H2,1-4H3,(H,24,25)/b16-12-. The van der Waals surface area contributed by atoms with E-state index in [9.17, 15) is 14.0 Å². The fourth-order valence-corrected chi connectivity index (χ4v) is 2.41. The number of aromatic carboxylic acids is 1. The molecule has 0 radical (unpaired) electrons. The molecule has 0 saturated heterocycles. The van der Waals surface area contributed by atoms with E-state index in [1.54, 1.807) is 45.9 Å². The minimum Gasteiger partial charge on any atom is -0.489 e. The van der Waals surface area contributed by atoms with Crippen molar-refractivity contribution in [2.75, 3.05) is 6.61 Å². The Balaban J connectivity index is 2.29. The van der Waals surface area contributed by atoms with Crippen molar-refractivity contribution in [2.24, 2.45) is 0 Å². The van der Waals surface area contributed by atoms with Gasteiger partial charge in [0.25, 0.3) is 0 Å². The number of hydrogen-bond donors (Lipinski definition) is 1. The Bertz CT molecular complexity index is 892. The topological polar surface area (TPSA) is 72.8 Å². The molecule has 0 heterocycles. The van der Waals surface area contributed by atoms with E-state index < -0.39 is 17.5 Å². The van der Waals surface area contributed by atoms with Crippen molar-refractivity contribution in [1.29, 1.82) is 0 Å².